The minimum Gasteiger partial charge on any atom is -0.325 e. The molecule has 138 valence electrons. The number of aryl methyl sites for hydroxylation is 2. The van der Waals surface area contributed by atoms with Gasteiger partial charge in [-0.3, -0.25) is 14.9 Å². The molecule has 27 heavy (non-hydrogen) atoms. The van der Waals surface area contributed by atoms with Gasteiger partial charge >= 0.3 is 0 Å². The standard InChI is InChI=1S/C18H17N5O2S2/c1-11-9-12(2)21-18(20-11)27-10-15(24)22-14-5-3-13(4-6-14)16(25)23-17-19-7-8-26-17/h3-9H,10H2,1-2H3,(H,22,24)(H,19,23,25). The lowest BCUT2D eigenvalue weighted by atomic mass is 10.2. The highest BCUT2D eigenvalue weighted by atomic mass is 32.2. The number of hydrogen-bond acceptors (Lipinski definition) is 7. The Morgan fingerprint density at radius 3 is 2.41 bits per heavy atom. The summed E-state index contributed by atoms with van der Waals surface area (Å²) < 4.78 is 0. The van der Waals surface area contributed by atoms with Crippen LogP contribution in [-0.4, -0.2) is 32.5 Å². The third-order valence-electron chi connectivity index (χ3n) is 3.38. The second-order valence-corrected chi connectivity index (χ2v) is 7.48. The van der Waals surface area contributed by atoms with Gasteiger partial charge in [0.2, 0.25) is 5.91 Å². The summed E-state index contributed by atoms with van der Waals surface area (Å²) in [6.07, 6.45) is 1.63. The van der Waals surface area contributed by atoms with Crippen LogP contribution in [0.2, 0.25) is 0 Å². The fraction of sp³-hybridized carbons (Fsp3) is 0.167. The summed E-state index contributed by atoms with van der Waals surface area (Å²) in [6, 6.07) is 8.56. The number of amides is 2. The van der Waals surface area contributed by atoms with Gasteiger partial charge in [0.1, 0.15) is 0 Å². The number of carbonyl (C=O) groups is 2. The van der Waals surface area contributed by atoms with Gasteiger partial charge in [0.15, 0.2) is 10.3 Å². The van der Waals surface area contributed by atoms with Gasteiger partial charge in [-0.05, 0) is 44.2 Å². The van der Waals surface area contributed by atoms with Crippen molar-refractivity contribution >= 4 is 45.7 Å². The number of thioether (sulfide) groups is 1. The van der Waals surface area contributed by atoms with Crippen LogP contribution in [0.4, 0.5) is 10.8 Å². The zero-order chi connectivity index (χ0) is 19.2. The van der Waals surface area contributed by atoms with Crippen molar-refractivity contribution in [2.24, 2.45) is 0 Å². The third kappa shape index (κ3) is 5.60. The quantitative estimate of drug-likeness (QED) is 0.486. The van der Waals surface area contributed by atoms with Gasteiger partial charge in [0, 0.05) is 34.2 Å². The highest BCUT2D eigenvalue weighted by molar-refractivity contribution is 7.99. The summed E-state index contributed by atoms with van der Waals surface area (Å²) >= 11 is 2.63. The Balaban J connectivity index is 1.52. The molecule has 9 heteroatoms. The van der Waals surface area contributed by atoms with Crippen molar-refractivity contribution in [1.29, 1.82) is 0 Å². The molecule has 0 atom stereocenters. The minimum atomic E-state index is -0.245. The summed E-state index contributed by atoms with van der Waals surface area (Å²) in [6.45, 7) is 3.79. The van der Waals surface area contributed by atoms with Crippen LogP contribution in [0.25, 0.3) is 0 Å². The first-order valence-corrected chi connectivity index (χ1v) is 9.92. The lowest BCUT2D eigenvalue weighted by molar-refractivity contribution is -0.113. The lowest BCUT2D eigenvalue weighted by Crippen LogP contribution is -2.15. The first-order valence-electron chi connectivity index (χ1n) is 8.05. The van der Waals surface area contributed by atoms with Gasteiger partial charge in [-0.2, -0.15) is 0 Å². The van der Waals surface area contributed by atoms with E-state index >= 15 is 0 Å². The van der Waals surface area contributed by atoms with Gasteiger partial charge < -0.3 is 5.32 Å². The van der Waals surface area contributed by atoms with E-state index in [0.29, 0.717) is 21.5 Å². The zero-order valence-corrected chi connectivity index (χ0v) is 16.4. The lowest BCUT2D eigenvalue weighted by Gasteiger charge is -2.07. The number of hydrogen-bond donors (Lipinski definition) is 2. The summed E-state index contributed by atoms with van der Waals surface area (Å²) in [4.78, 5) is 36.8. The van der Waals surface area contributed by atoms with Crippen LogP contribution in [0.3, 0.4) is 0 Å². The summed E-state index contributed by atoms with van der Waals surface area (Å²) in [5.74, 6) is -0.206. The second-order valence-electron chi connectivity index (χ2n) is 5.64. The van der Waals surface area contributed by atoms with Crippen LogP contribution in [-0.2, 0) is 4.79 Å². The zero-order valence-electron chi connectivity index (χ0n) is 14.7. The van der Waals surface area contributed by atoms with Gasteiger partial charge in [-0.25, -0.2) is 15.0 Å². The number of thiazole rings is 1. The Morgan fingerprint density at radius 1 is 1.07 bits per heavy atom. The van der Waals surface area contributed by atoms with Crippen LogP contribution >= 0.6 is 23.1 Å². The molecule has 0 radical (unpaired) electrons. The molecule has 1 aromatic carbocycles. The van der Waals surface area contributed by atoms with Crippen molar-refractivity contribution in [3.8, 4) is 0 Å². The molecule has 2 N–H and O–H groups in total. The third-order valence-corrected chi connectivity index (χ3v) is 4.91. The average Bonchev–Trinajstić information content (AvgIpc) is 3.13. The van der Waals surface area contributed by atoms with E-state index in [1.165, 1.54) is 23.1 Å². The van der Waals surface area contributed by atoms with E-state index in [1.54, 1.807) is 35.8 Å². The second kappa shape index (κ2) is 8.74. The van der Waals surface area contributed by atoms with Crippen LogP contribution < -0.4 is 10.6 Å². The van der Waals surface area contributed by atoms with Crippen LogP contribution in [0.15, 0.2) is 47.1 Å². The highest BCUT2D eigenvalue weighted by Crippen LogP contribution is 2.17. The minimum absolute atomic E-state index is 0.164. The highest BCUT2D eigenvalue weighted by Gasteiger charge is 2.09. The van der Waals surface area contributed by atoms with E-state index < -0.39 is 0 Å². The average molecular weight is 400 g/mol. The van der Waals surface area contributed by atoms with Crippen molar-refractivity contribution in [3.05, 3.63) is 58.9 Å². The van der Waals surface area contributed by atoms with Gasteiger partial charge in [0.05, 0.1) is 5.75 Å². The maximum atomic E-state index is 12.1. The monoisotopic (exact) mass is 399 g/mol. The normalized spacial score (nSPS) is 10.4. The van der Waals surface area contributed by atoms with Crippen LogP contribution in [0.5, 0.6) is 0 Å². The number of benzene rings is 1. The molecule has 0 spiro atoms. The van der Waals surface area contributed by atoms with E-state index in [0.717, 1.165) is 11.4 Å². The molecule has 0 bridgehead atoms. The molecule has 0 saturated carbocycles. The van der Waals surface area contributed by atoms with Crippen molar-refractivity contribution in [1.82, 2.24) is 15.0 Å². The Morgan fingerprint density at radius 2 is 1.78 bits per heavy atom. The van der Waals surface area contributed by atoms with E-state index in [9.17, 15) is 9.59 Å². The maximum absolute atomic E-state index is 12.1. The van der Waals surface area contributed by atoms with Crippen molar-refractivity contribution in [3.63, 3.8) is 0 Å². The molecular formula is C18H17N5O2S2. The molecule has 3 rings (SSSR count). The van der Waals surface area contributed by atoms with E-state index in [4.69, 9.17) is 0 Å². The van der Waals surface area contributed by atoms with E-state index in [1.807, 2.05) is 19.9 Å². The van der Waals surface area contributed by atoms with Crippen molar-refractivity contribution in [2.75, 3.05) is 16.4 Å². The maximum Gasteiger partial charge on any atom is 0.257 e. The summed E-state index contributed by atoms with van der Waals surface area (Å²) in [5.41, 5.74) is 2.85. The summed E-state index contributed by atoms with van der Waals surface area (Å²) in [7, 11) is 0. The number of nitrogens with zero attached hydrogens (tertiary/aromatic N) is 3. The van der Waals surface area contributed by atoms with E-state index in [2.05, 4.69) is 25.6 Å². The summed E-state index contributed by atoms with van der Waals surface area (Å²) in [5, 5.41) is 8.42. The van der Waals surface area contributed by atoms with Crippen LogP contribution in [0, 0.1) is 13.8 Å². The number of anilines is 2. The predicted molar refractivity (Wildman–Crippen MR) is 107 cm³/mol. The molecule has 0 unspecified atom stereocenters. The SMILES string of the molecule is Cc1cc(C)nc(SCC(=O)Nc2ccc(C(=O)Nc3nccs3)cc2)n1. The number of rotatable bonds is 6. The predicted octanol–water partition coefficient (Wildman–Crippen LogP) is 3.53. The number of nitrogens with one attached hydrogen (secondary N) is 2. The molecule has 0 fully saturated rings. The number of carbonyl (C=O) groups excluding carboxylic acids is 2. The molecule has 0 aliphatic heterocycles. The smallest absolute Gasteiger partial charge is 0.257 e. The van der Waals surface area contributed by atoms with Crippen LogP contribution in [0.1, 0.15) is 21.7 Å². The molecule has 2 amide bonds. The Bertz CT molecular complexity index is 923. The largest absolute Gasteiger partial charge is 0.325 e. The molecule has 2 heterocycles. The van der Waals surface area contributed by atoms with E-state index in [-0.39, 0.29) is 17.6 Å². The molecule has 0 aliphatic rings. The van der Waals surface area contributed by atoms with Gasteiger partial charge in [0.25, 0.3) is 5.91 Å². The molecular weight excluding hydrogens is 382 g/mol. The first-order chi connectivity index (χ1) is 13.0. The molecule has 0 saturated heterocycles. The molecule has 3 aromatic rings. The van der Waals surface area contributed by atoms with Gasteiger partial charge in [-0.15, -0.1) is 11.3 Å². The van der Waals surface area contributed by atoms with Crippen molar-refractivity contribution < 1.29 is 9.59 Å². The molecule has 0 aliphatic carbocycles. The van der Waals surface area contributed by atoms with Crippen molar-refractivity contribution in [2.45, 2.75) is 19.0 Å². The Kier molecular flexibility index (Phi) is 6.15. The molecule has 2 aromatic heterocycles. The fourth-order valence-corrected chi connectivity index (χ4v) is 3.52. The number of aromatic nitrogens is 3. The fourth-order valence-electron chi connectivity index (χ4n) is 2.24. The van der Waals surface area contributed by atoms with Gasteiger partial charge in [-0.1, -0.05) is 11.8 Å². The topological polar surface area (TPSA) is 96.9 Å². The first kappa shape index (κ1) is 19.0. The Hall–Kier alpha value is -2.78. The Labute approximate surface area is 164 Å². The molecule has 7 nitrogen and oxygen atoms in total.